The standard InChI is InChI=1S/C26H28FN7/c27-22-9-3-4-10-24(22)32-14-16-33(17-15-32)25(20-11-12-23-19(18-20)6-5-13-28-23)26-29-30-31-34(26)21-7-1-2-8-21/h3-6,9-13,18,21,25H,1-2,7-8,14-17H2/t25-/m1/s1. The Morgan fingerprint density at radius 1 is 0.912 bits per heavy atom. The fraction of sp³-hybridized carbons (Fsp3) is 0.385. The lowest BCUT2D eigenvalue weighted by Crippen LogP contribution is -2.48. The molecule has 7 nitrogen and oxygen atoms in total. The van der Waals surface area contributed by atoms with Crippen molar-refractivity contribution >= 4 is 16.6 Å². The van der Waals surface area contributed by atoms with Crippen molar-refractivity contribution in [3.63, 3.8) is 0 Å². The molecule has 0 amide bonds. The molecule has 1 aliphatic carbocycles. The average molecular weight is 458 g/mol. The molecule has 0 unspecified atom stereocenters. The molecule has 1 aliphatic heterocycles. The Balaban J connectivity index is 1.35. The number of benzene rings is 2. The quantitative estimate of drug-likeness (QED) is 0.443. The molecule has 8 heteroatoms. The number of piperazine rings is 1. The van der Waals surface area contributed by atoms with E-state index in [1.54, 1.807) is 6.07 Å². The second-order valence-electron chi connectivity index (χ2n) is 9.25. The van der Waals surface area contributed by atoms with Gasteiger partial charge in [0.1, 0.15) is 5.82 Å². The first-order valence-corrected chi connectivity index (χ1v) is 12.1. The summed E-state index contributed by atoms with van der Waals surface area (Å²) < 4.78 is 16.5. The van der Waals surface area contributed by atoms with Gasteiger partial charge < -0.3 is 4.90 Å². The SMILES string of the molecule is Fc1ccccc1N1CCN([C@H](c2ccc3ncccc3c2)c2nnnn2C2CCCC2)CC1. The van der Waals surface area contributed by atoms with Gasteiger partial charge in [0.05, 0.1) is 23.3 Å². The Morgan fingerprint density at radius 3 is 2.56 bits per heavy atom. The number of tetrazole rings is 1. The van der Waals surface area contributed by atoms with Crippen LogP contribution in [0.3, 0.4) is 0 Å². The molecule has 1 atom stereocenters. The van der Waals surface area contributed by atoms with Gasteiger partial charge in [-0.2, -0.15) is 0 Å². The van der Waals surface area contributed by atoms with Crippen LogP contribution < -0.4 is 4.90 Å². The summed E-state index contributed by atoms with van der Waals surface area (Å²) in [7, 11) is 0. The summed E-state index contributed by atoms with van der Waals surface area (Å²) in [5.74, 6) is 0.731. The Kier molecular flexibility index (Phi) is 5.66. The maximum Gasteiger partial charge on any atom is 0.173 e. The second-order valence-corrected chi connectivity index (χ2v) is 9.25. The molecule has 2 aliphatic rings. The normalized spacial score (nSPS) is 18.6. The van der Waals surface area contributed by atoms with Crippen molar-refractivity contribution in [1.82, 2.24) is 30.1 Å². The first-order valence-electron chi connectivity index (χ1n) is 12.1. The highest BCUT2D eigenvalue weighted by Crippen LogP contribution is 2.35. The fourth-order valence-electron chi connectivity index (χ4n) is 5.51. The van der Waals surface area contributed by atoms with Gasteiger partial charge in [0.15, 0.2) is 5.82 Å². The van der Waals surface area contributed by atoms with Gasteiger partial charge >= 0.3 is 0 Å². The summed E-state index contributed by atoms with van der Waals surface area (Å²) in [5, 5.41) is 14.2. The summed E-state index contributed by atoms with van der Waals surface area (Å²) in [6, 6.07) is 17.8. The van der Waals surface area contributed by atoms with Crippen LogP contribution >= 0.6 is 0 Å². The Morgan fingerprint density at radius 2 is 1.74 bits per heavy atom. The predicted molar refractivity (Wildman–Crippen MR) is 129 cm³/mol. The van der Waals surface area contributed by atoms with E-state index in [1.807, 2.05) is 24.4 Å². The lowest BCUT2D eigenvalue weighted by molar-refractivity contribution is 0.197. The van der Waals surface area contributed by atoms with E-state index in [0.29, 0.717) is 11.7 Å². The summed E-state index contributed by atoms with van der Waals surface area (Å²) in [6.45, 7) is 3.08. The Labute approximate surface area is 198 Å². The molecule has 1 saturated carbocycles. The van der Waals surface area contributed by atoms with Crippen molar-refractivity contribution < 1.29 is 4.39 Å². The monoisotopic (exact) mass is 457 g/mol. The highest BCUT2D eigenvalue weighted by atomic mass is 19.1. The number of rotatable bonds is 5. The predicted octanol–water partition coefficient (Wildman–Crippen LogP) is 4.39. The van der Waals surface area contributed by atoms with Crippen LogP contribution in [0.25, 0.3) is 10.9 Å². The van der Waals surface area contributed by atoms with E-state index in [1.165, 1.54) is 18.9 Å². The minimum Gasteiger partial charge on any atom is -0.367 e. The highest BCUT2D eigenvalue weighted by molar-refractivity contribution is 5.79. The Bertz CT molecular complexity index is 1270. The smallest absolute Gasteiger partial charge is 0.173 e. The van der Waals surface area contributed by atoms with Crippen LogP contribution in [0.5, 0.6) is 0 Å². The van der Waals surface area contributed by atoms with E-state index in [9.17, 15) is 4.39 Å². The van der Waals surface area contributed by atoms with Gasteiger partial charge in [-0.05, 0) is 59.2 Å². The number of hydrogen-bond acceptors (Lipinski definition) is 6. The van der Waals surface area contributed by atoms with Crippen LogP contribution in [0.2, 0.25) is 0 Å². The first-order chi connectivity index (χ1) is 16.8. The summed E-state index contributed by atoms with van der Waals surface area (Å²) in [6.07, 6.45) is 6.50. The minimum atomic E-state index is -0.167. The summed E-state index contributed by atoms with van der Waals surface area (Å²) in [4.78, 5) is 9.06. The van der Waals surface area contributed by atoms with E-state index < -0.39 is 0 Å². The number of para-hydroxylation sites is 1. The van der Waals surface area contributed by atoms with Crippen LogP contribution in [-0.2, 0) is 0 Å². The molecule has 0 bridgehead atoms. The van der Waals surface area contributed by atoms with Gasteiger partial charge in [-0.15, -0.1) is 5.10 Å². The van der Waals surface area contributed by atoms with Crippen molar-refractivity contribution in [2.45, 2.75) is 37.8 Å². The van der Waals surface area contributed by atoms with E-state index in [4.69, 9.17) is 0 Å². The molecular formula is C26H28FN7. The third-order valence-electron chi connectivity index (χ3n) is 7.25. The van der Waals surface area contributed by atoms with Crippen LogP contribution in [0, 0.1) is 5.82 Å². The Hall–Kier alpha value is -3.39. The zero-order valence-corrected chi connectivity index (χ0v) is 19.1. The van der Waals surface area contributed by atoms with Crippen LogP contribution in [-0.4, -0.2) is 56.3 Å². The second kappa shape index (κ2) is 9.10. The maximum atomic E-state index is 14.4. The topological polar surface area (TPSA) is 63.0 Å². The van der Waals surface area contributed by atoms with E-state index in [0.717, 1.165) is 61.3 Å². The zero-order chi connectivity index (χ0) is 22.9. The number of hydrogen-bond donors (Lipinski definition) is 0. The number of pyridine rings is 1. The third-order valence-corrected chi connectivity index (χ3v) is 7.25. The van der Waals surface area contributed by atoms with Crippen molar-refractivity contribution in [3.8, 4) is 0 Å². The van der Waals surface area contributed by atoms with Gasteiger partial charge in [0.2, 0.25) is 0 Å². The summed E-state index contributed by atoms with van der Waals surface area (Å²) in [5.41, 5.74) is 2.81. The van der Waals surface area contributed by atoms with Gasteiger partial charge in [-0.3, -0.25) is 9.88 Å². The molecule has 34 heavy (non-hydrogen) atoms. The molecule has 174 valence electrons. The number of halogens is 1. The van der Waals surface area contributed by atoms with Crippen molar-refractivity contribution in [2.75, 3.05) is 31.1 Å². The van der Waals surface area contributed by atoms with E-state index in [-0.39, 0.29) is 11.9 Å². The molecule has 0 spiro atoms. The van der Waals surface area contributed by atoms with Crippen LogP contribution in [0.1, 0.15) is 49.2 Å². The third kappa shape index (κ3) is 3.92. The molecule has 2 aromatic heterocycles. The molecular weight excluding hydrogens is 429 g/mol. The molecule has 4 aromatic rings. The molecule has 3 heterocycles. The largest absolute Gasteiger partial charge is 0.367 e. The molecule has 0 radical (unpaired) electrons. The van der Waals surface area contributed by atoms with Gasteiger partial charge in [0, 0.05) is 37.8 Å². The number of fused-ring (bicyclic) bond motifs is 1. The highest BCUT2D eigenvalue weighted by Gasteiger charge is 2.33. The fourth-order valence-corrected chi connectivity index (χ4v) is 5.51. The molecule has 2 fully saturated rings. The van der Waals surface area contributed by atoms with Crippen molar-refractivity contribution in [1.29, 1.82) is 0 Å². The average Bonchev–Trinajstić information content (AvgIpc) is 3.57. The zero-order valence-electron chi connectivity index (χ0n) is 19.1. The van der Waals surface area contributed by atoms with Crippen molar-refractivity contribution in [2.24, 2.45) is 0 Å². The number of aromatic nitrogens is 5. The lowest BCUT2D eigenvalue weighted by Gasteiger charge is -2.40. The molecule has 2 aromatic carbocycles. The molecule has 0 N–H and O–H groups in total. The maximum absolute atomic E-state index is 14.4. The van der Waals surface area contributed by atoms with Crippen LogP contribution in [0.4, 0.5) is 10.1 Å². The molecule has 1 saturated heterocycles. The van der Waals surface area contributed by atoms with E-state index >= 15 is 0 Å². The first kappa shape index (κ1) is 21.2. The lowest BCUT2D eigenvalue weighted by atomic mass is 10.0. The number of nitrogens with zero attached hydrogens (tertiary/aromatic N) is 7. The molecule has 6 rings (SSSR count). The van der Waals surface area contributed by atoms with E-state index in [2.05, 4.69) is 59.3 Å². The van der Waals surface area contributed by atoms with Gasteiger partial charge in [0.25, 0.3) is 0 Å². The van der Waals surface area contributed by atoms with Crippen LogP contribution in [0.15, 0.2) is 60.8 Å². The van der Waals surface area contributed by atoms with Gasteiger partial charge in [-0.25, -0.2) is 9.07 Å². The van der Waals surface area contributed by atoms with Crippen molar-refractivity contribution in [3.05, 3.63) is 78.0 Å². The number of anilines is 1. The minimum absolute atomic E-state index is 0.0667. The van der Waals surface area contributed by atoms with Gasteiger partial charge in [-0.1, -0.05) is 37.1 Å². The summed E-state index contributed by atoms with van der Waals surface area (Å²) >= 11 is 0.